The van der Waals surface area contributed by atoms with Crippen molar-refractivity contribution in [3.63, 3.8) is 0 Å². The molecule has 0 aliphatic carbocycles. The Balaban J connectivity index is 2.41. The number of benzene rings is 1. The standard InChI is InChI=1S/C15H19NO5/c1-2-6-20-13-8-11(9-18)7-12-15(13)21-10-14(19)16(12)4-3-5-17/h7-9,17H,2-6,10H2,1H3. The Hall–Kier alpha value is -2.08. The zero-order valence-corrected chi connectivity index (χ0v) is 12.0. The molecule has 1 aromatic rings. The molecular formula is C15H19NO5. The summed E-state index contributed by atoms with van der Waals surface area (Å²) in [7, 11) is 0. The van der Waals surface area contributed by atoms with Gasteiger partial charge in [0.2, 0.25) is 0 Å². The first-order chi connectivity index (χ1) is 10.2. The van der Waals surface area contributed by atoms with Crippen molar-refractivity contribution < 1.29 is 24.2 Å². The van der Waals surface area contributed by atoms with Gasteiger partial charge in [-0.3, -0.25) is 9.59 Å². The van der Waals surface area contributed by atoms with Gasteiger partial charge in [0, 0.05) is 18.7 Å². The fourth-order valence-corrected chi connectivity index (χ4v) is 2.16. The molecule has 0 saturated heterocycles. The van der Waals surface area contributed by atoms with Crippen LogP contribution in [0.5, 0.6) is 11.5 Å². The largest absolute Gasteiger partial charge is 0.490 e. The highest BCUT2D eigenvalue weighted by Crippen LogP contribution is 2.41. The molecule has 1 N–H and O–H groups in total. The van der Waals surface area contributed by atoms with Crippen LogP contribution in [0.2, 0.25) is 0 Å². The highest BCUT2D eigenvalue weighted by atomic mass is 16.5. The molecule has 6 heteroatoms. The van der Waals surface area contributed by atoms with E-state index in [1.807, 2.05) is 6.92 Å². The minimum atomic E-state index is -0.194. The van der Waals surface area contributed by atoms with Crippen molar-refractivity contribution in [3.05, 3.63) is 17.7 Å². The van der Waals surface area contributed by atoms with Crippen LogP contribution in [0, 0.1) is 0 Å². The topological polar surface area (TPSA) is 76.1 Å². The second-order valence-corrected chi connectivity index (χ2v) is 4.74. The normalized spacial score (nSPS) is 13.6. The molecule has 1 heterocycles. The number of aldehydes is 1. The third-order valence-electron chi connectivity index (χ3n) is 3.13. The molecule has 1 amide bonds. The van der Waals surface area contributed by atoms with E-state index in [1.165, 1.54) is 4.90 Å². The number of carbonyl (C=O) groups is 2. The Labute approximate surface area is 123 Å². The van der Waals surface area contributed by atoms with Gasteiger partial charge in [0.05, 0.1) is 12.3 Å². The fraction of sp³-hybridized carbons (Fsp3) is 0.467. The van der Waals surface area contributed by atoms with Gasteiger partial charge in [-0.2, -0.15) is 0 Å². The molecule has 0 spiro atoms. The highest BCUT2D eigenvalue weighted by molar-refractivity contribution is 5.99. The minimum Gasteiger partial charge on any atom is -0.490 e. The lowest BCUT2D eigenvalue weighted by atomic mass is 10.1. The average Bonchev–Trinajstić information content (AvgIpc) is 2.51. The molecule has 1 aromatic carbocycles. The Bertz CT molecular complexity index is 529. The van der Waals surface area contributed by atoms with Crippen LogP contribution in [0.15, 0.2) is 12.1 Å². The summed E-state index contributed by atoms with van der Waals surface area (Å²) in [4.78, 5) is 24.6. The number of ether oxygens (including phenoxy) is 2. The Morgan fingerprint density at radius 1 is 1.48 bits per heavy atom. The first-order valence-corrected chi connectivity index (χ1v) is 7.01. The number of amides is 1. The lowest BCUT2D eigenvalue weighted by Gasteiger charge is -2.30. The predicted molar refractivity (Wildman–Crippen MR) is 77.2 cm³/mol. The molecule has 2 rings (SSSR count). The summed E-state index contributed by atoms with van der Waals surface area (Å²) in [5.41, 5.74) is 0.947. The number of aliphatic hydroxyl groups is 1. The molecule has 0 aromatic heterocycles. The minimum absolute atomic E-state index is 0.00741. The van der Waals surface area contributed by atoms with E-state index in [1.54, 1.807) is 12.1 Å². The molecular weight excluding hydrogens is 274 g/mol. The third kappa shape index (κ3) is 3.33. The molecule has 114 valence electrons. The van der Waals surface area contributed by atoms with Gasteiger partial charge in [0.15, 0.2) is 18.1 Å². The summed E-state index contributed by atoms with van der Waals surface area (Å²) in [6.07, 6.45) is 2.00. The van der Waals surface area contributed by atoms with Crippen molar-refractivity contribution in [2.45, 2.75) is 19.8 Å². The number of hydrogen-bond acceptors (Lipinski definition) is 5. The average molecular weight is 293 g/mol. The van der Waals surface area contributed by atoms with Crippen LogP contribution in [0.1, 0.15) is 30.1 Å². The maximum absolute atomic E-state index is 12.0. The van der Waals surface area contributed by atoms with Crippen molar-refractivity contribution in [1.29, 1.82) is 0 Å². The number of fused-ring (bicyclic) bond motifs is 1. The molecule has 1 aliphatic rings. The van der Waals surface area contributed by atoms with Gasteiger partial charge >= 0.3 is 0 Å². The van der Waals surface area contributed by atoms with Crippen molar-refractivity contribution in [2.75, 3.05) is 31.3 Å². The summed E-state index contributed by atoms with van der Waals surface area (Å²) in [6, 6.07) is 3.22. The van der Waals surface area contributed by atoms with Gasteiger partial charge in [0.25, 0.3) is 5.91 Å². The van der Waals surface area contributed by atoms with Gasteiger partial charge in [-0.25, -0.2) is 0 Å². The predicted octanol–water partition coefficient (Wildman–Crippen LogP) is 1.40. The smallest absolute Gasteiger partial charge is 0.265 e. The number of rotatable bonds is 7. The molecule has 0 atom stereocenters. The second kappa shape index (κ2) is 7.08. The highest BCUT2D eigenvalue weighted by Gasteiger charge is 2.28. The maximum Gasteiger partial charge on any atom is 0.265 e. The lowest BCUT2D eigenvalue weighted by molar-refractivity contribution is -0.121. The van der Waals surface area contributed by atoms with E-state index in [2.05, 4.69) is 0 Å². The van der Waals surface area contributed by atoms with Gasteiger partial charge < -0.3 is 19.5 Å². The third-order valence-corrected chi connectivity index (χ3v) is 3.13. The van der Waals surface area contributed by atoms with Crippen LogP contribution in [0.25, 0.3) is 0 Å². The van der Waals surface area contributed by atoms with E-state index < -0.39 is 0 Å². The summed E-state index contributed by atoms with van der Waals surface area (Å²) in [6.45, 7) is 2.78. The fourth-order valence-electron chi connectivity index (χ4n) is 2.16. The number of anilines is 1. The quantitative estimate of drug-likeness (QED) is 0.769. The van der Waals surface area contributed by atoms with E-state index in [9.17, 15) is 9.59 Å². The van der Waals surface area contributed by atoms with Gasteiger partial charge in [0.1, 0.15) is 6.29 Å². The summed E-state index contributed by atoms with van der Waals surface area (Å²) >= 11 is 0. The second-order valence-electron chi connectivity index (χ2n) is 4.74. The first kappa shape index (κ1) is 15.3. The summed E-state index contributed by atoms with van der Waals surface area (Å²) in [5.74, 6) is 0.755. The van der Waals surface area contributed by atoms with Crippen LogP contribution in [-0.4, -0.2) is 43.7 Å². The molecule has 0 fully saturated rings. The van der Waals surface area contributed by atoms with Crippen LogP contribution < -0.4 is 14.4 Å². The van der Waals surface area contributed by atoms with Gasteiger partial charge in [-0.1, -0.05) is 6.92 Å². The van der Waals surface area contributed by atoms with Crippen molar-refractivity contribution in [1.82, 2.24) is 0 Å². The molecule has 21 heavy (non-hydrogen) atoms. The first-order valence-electron chi connectivity index (χ1n) is 7.01. The molecule has 0 bridgehead atoms. The monoisotopic (exact) mass is 293 g/mol. The van der Waals surface area contributed by atoms with Gasteiger partial charge in [-0.15, -0.1) is 0 Å². The number of carbonyl (C=O) groups excluding carboxylic acids is 2. The van der Waals surface area contributed by atoms with Gasteiger partial charge in [-0.05, 0) is 25.0 Å². The van der Waals surface area contributed by atoms with Crippen LogP contribution in [0.3, 0.4) is 0 Å². The van der Waals surface area contributed by atoms with Crippen molar-refractivity contribution >= 4 is 17.9 Å². The zero-order valence-electron chi connectivity index (χ0n) is 12.0. The number of nitrogens with zero attached hydrogens (tertiary/aromatic N) is 1. The summed E-state index contributed by atoms with van der Waals surface area (Å²) in [5, 5.41) is 8.95. The molecule has 0 saturated carbocycles. The Kier molecular flexibility index (Phi) is 5.16. The van der Waals surface area contributed by atoms with E-state index in [0.29, 0.717) is 48.6 Å². The van der Waals surface area contributed by atoms with E-state index >= 15 is 0 Å². The molecule has 6 nitrogen and oxygen atoms in total. The molecule has 0 radical (unpaired) electrons. The van der Waals surface area contributed by atoms with Crippen molar-refractivity contribution in [3.8, 4) is 11.5 Å². The molecule has 0 unspecified atom stereocenters. The van der Waals surface area contributed by atoms with E-state index in [-0.39, 0.29) is 19.1 Å². The van der Waals surface area contributed by atoms with E-state index in [4.69, 9.17) is 14.6 Å². The maximum atomic E-state index is 12.0. The Morgan fingerprint density at radius 2 is 2.29 bits per heavy atom. The van der Waals surface area contributed by atoms with E-state index in [0.717, 1.165) is 6.42 Å². The number of aliphatic hydroxyl groups excluding tert-OH is 1. The Morgan fingerprint density at radius 3 is 2.95 bits per heavy atom. The zero-order chi connectivity index (χ0) is 15.2. The SMILES string of the molecule is CCCOc1cc(C=O)cc2c1OCC(=O)N2CCCO. The van der Waals surface area contributed by atoms with Crippen LogP contribution in [0.4, 0.5) is 5.69 Å². The van der Waals surface area contributed by atoms with Crippen molar-refractivity contribution in [2.24, 2.45) is 0 Å². The summed E-state index contributed by atoms with van der Waals surface area (Å²) < 4.78 is 11.1. The molecule has 1 aliphatic heterocycles. The van der Waals surface area contributed by atoms with Crippen LogP contribution >= 0.6 is 0 Å². The number of hydrogen-bond donors (Lipinski definition) is 1. The lowest BCUT2D eigenvalue weighted by Crippen LogP contribution is -2.39. The van der Waals surface area contributed by atoms with Crippen LogP contribution in [-0.2, 0) is 4.79 Å².